The summed E-state index contributed by atoms with van der Waals surface area (Å²) in [7, 11) is 3.99. The highest BCUT2D eigenvalue weighted by Crippen LogP contribution is 2.23. The van der Waals surface area contributed by atoms with Gasteiger partial charge in [-0.15, -0.1) is 11.8 Å². The van der Waals surface area contributed by atoms with Crippen molar-refractivity contribution in [1.82, 2.24) is 9.80 Å². The molecule has 2 rings (SSSR count). The van der Waals surface area contributed by atoms with E-state index in [4.69, 9.17) is 0 Å². The third kappa shape index (κ3) is 4.73. The second-order valence-electron chi connectivity index (χ2n) is 5.95. The lowest BCUT2D eigenvalue weighted by Crippen LogP contribution is -2.42. The highest BCUT2D eigenvalue weighted by Gasteiger charge is 2.34. The molecule has 1 heterocycles. The van der Waals surface area contributed by atoms with Crippen molar-refractivity contribution in [3.05, 3.63) is 29.8 Å². The molecule has 1 amide bonds. The van der Waals surface area contributed by atoms with Crippen molar-refractivity contribution in [2.75, 3.05) is 32.9 Å². The minimum atomic E-state index is -0.386. The average molecular weight is 308 g/mol. The Labute approximate surface area is 131 Å². The summed E-state index contributed by atoms with van der Waals surface area (Å²) in [6, 6.07) is 8.33. The summed E-state index contributed by atoms with van der Waals surface area (Å²) in [6.07, 6.45) is 0.294. The quantitative estimate of drug-likeness (QED) is 0.839. The Hall–Kier alpha value is -1.04. The molecule has 0 aliphatic carbocycles. The van der Waals surface area contributed by atoms with Crippen LogP contribution < -0.4 is 0 Å². The normalized spacial score (nSPS) is 22.0. The summed E-state index contributed by atoms with van der Waals surface area (Å²) in [6.45, 7) is 3.32. The smallest absolute Gasteiger partial charge is 0.233 e. The van der Waals surface area contributed by atoms with Crippen LogP contribution in [0.3, 0.4) is 0 Å². The van der Waals surface area contributed by atoms with Crippen molar-refractivity contribution in [2.45, 2.75) is 30.4 Å². The van der Waals surface area contributed by atoms with Crippen LogP contribution in [0.25, 0.3) is 0 Å². The van der Waals surface area contributed by atoms with Gasteiger partial charge in [-0.1, -0.05) is 17.7 Å². The molecule has 0 radical (unpaired) electrons. The Kier molecular flexibility index (Phi) is 5.67. The van der Waals surface area contributed by atoms with Gasteiger partial charge in [0.05, 0.1) is 11.9 Å². The molecule has 2 unspecified atom stereocenters. The van der Waals surface area contributed by atoms with Crippen molar-refractivity contribution in [1.29, 1.82) is 0 Å². The summed E-state index contributed by atoms with van der Waals surface area (Å²) < 4.78 is 0. The lowest BCUT2D eigenvalue weighted by atomic mass is 10.2. The van der Waals surface area contributed by atoms with E-state index in [2.05, 4.69) is 24.0 Å². The molecule has 1 aromatic rings. The predicted octanol–water partition coefficient (Wildman–Crippen LogP) is 1.61. The first-order valence-electron chi connectivity index (χ1n) is 7.27. The van der Waals surface area contributed by atoms with E-state index in [0.29, 0.717) is 18.7 Å². The number of hydrogen-bond acceptors (Lipinski definition) is 4. The zero-order chi connectivity index (χ0) is 15.4. The van der Waals surface area contributed by atoms with Crippen LogP contribution in [0.2, 0.25) is 0 Å². The van der Waals surface area contributed by atoms with Gasteiger partial charge < -0.3 is 14.9 Å². The first-order chi connectivity index (χ1) is 9.95. The van der Waals surface area contributed by atoms with Gasteiger partial charge in [-0.3, -0.25) is 4.79 Å². The Bertz CT molecular complexity index is 476. The van der Waals surface area contributed by atoms with Gasteiger partial charge in [0.15, 0.2) is 0 Å². The maximum absolute atomic E-state index is 12.4. The van der Waals surface area contributed by atoms with Gasteiger partial charge in [-0.05, 0) is 39.6 Å². The Morgan fingerprint density at radius 1 is 1.38 bits per heavy atom. The standard InChI is InChI=1S/C16H24N2O2S/c1-12-4-6-15(7-5-12)21-11-16(20)18-10-14(19)8-13(18)9-17(2)3/h4-7,13-14,19H,8-11H2,1-3H3. The number of carbonyl (C=O) groups excluding carboxylic acids is 1. The van der Waals surface area contributed by atoms with Crippen LogP contribution in [0.5, 0.6) is 0 Å². The number of thioether (sulfide) groups is 1. The van der Waals surface area contributed by atoms with Gasteiger partial charge in [0.1, 0.15) is 0 Å². The number of aliphatic hydroxyl groups is 1. The predicted molar refractivity (Wildman–Crippen MR) is 86.6 cm³/mol. The molecule has 0 spiro atoms. The lowest BCUT2D eigenvalue weighted by molar-refractivity contribution is -0.129. The number of hydrogen-bond donors (Lipinski definition) is 1. The molecule has 4 nitrogen and oxygen atoms in total. The molecule has 0 aromatic heterocycles. The summed E-state index contributed by atoms with van der Waals surface area (Å²) >= 11 is 1.56. The van der Waals surface area contributed by atoms with E-state index >= 15 is 0 Å². The van der Waals surface area contributed by atoms with E-state index in [1.54, 1.807) is 11.8 Å². The van der Waals surface area contributed by atoms with Crippen LogP contribution in [0.1, 0.15) is 12.0 Å². The molecule has 21 heavy (non-hydrogen) atoms. The number of β-amino-alcohol motifs (C(OH)–C–C–N with tert-alkyl or cyclic N) is 1. The summed E-state index contributed by atoms with van der Waals surface area (Å²) in [5, 5.41) is 9.83. The molecule has 0 bridgehead atoms. The van der Waals surface area contributed by atoms with Crippen molar-refractivity contribution in [2.24, 2.45) is 0 Å². The maximum Gasteiger partial charge on any atom is 0.233 e. The van der Waals surface area contributed by atoms with Crippen LogP contribution >= 0.6 is 11.8 Å². The van der Waals surface area contributed by atoms with Gasteiger partial charge in [0.25, 0.3) is 0 Å². The monoisotopic (exact) mass is 308 g/mol. The molecule has 1 N–H and O–H groups in total. The van der Waals surface area contributed by atoms with E-state index in [-0.39, 0.29) is 18.1 Å². The highest BCUT2D eigenvalue weighted by atomic mass is 32.2. The van der Waals surface area contributed by atoms with Gasteiger partial charge >= 0.3 is 0 Å². The van der Waals surface area contributed by atoms with E-state index in [1.165, 1.54) is 5.56 Å². The minimum Gasteiger partial charge on any atom is -0.391 e. The van der Waals surface area contributed by atoms with E-state index in [1.807, 2.05) is 31.1 Å². The van der Waals surface area contributed by atoms with Crippen LogP contribution in [0, 0.1) is 6.92 Å². The third-order valence-electron chi connectivity index (χ3n) is 3.67. The second-order valence-corrected chi connectivity index (χ2v) is 7.00. The summed E-state index contributed by atoms with van der Waals surface area (Å²) in [5.41, 5.74) is 1.22. The van der Waals surface area contributed by atoms with E-state index in [9.17, 15) is 9.90 Å². The fraction of sp³-hybridized carbons (Fsp3) is 0.562. The SMILES string of the molecule is Cc1ccc(SCC(=O)N2CC(O)CC2CN(C)C)cc1. The largest absolute Gasteiger partial charge is 0.391 e. The van der Waals surface area contributed by atoms with Crippen LogP contribution in [-0.2, 0) is 4.79 Å². The third-order valence-corrected chi connectivity index (χ3v) is 4.67. The molecule has 1 saturated heterocycles. The molecule has 1 aromatic carbocycles. The van der Waals surface area contributed by atoms with Gasteiger partial charge in [0.2, 0.25) is 5.91 Å². The van der Waals surface area contributed by atoms with Crippen molar-refractivity contribution < 1.29 is 9.90 Å². The first kappa shape index (κ1) is 16.3. The average Bonchev–Trinajstić information content (AvgIpc) is 2.78. The number of likely N-dealkylation sites (tertiary alicyclic amines) is 1. The first-order valence-corrected chi connectivity index (χ1v) is 8.26. The minimum absolute atomic E-state index is 0.115. The lowest BCUT2D eigenvalue weighted by Gasteiger charge is -2.26. The zero-order valence-electron chi connectivity index (χ0n) is 13.0. The number of likely N-dealkylation sites (N-methyl/N-ethyl adjacent to an activating group) is 1. The van der Waals surface area contributed by atoms with E-state index in [0.717, 1.165) is 11.4 Å². The zero-order valence-corrected chi connectivity index (χ0v) is 13.8. The number of nitrogens with zero attached hydrogens (tertiary/aromatic N) is 2. The van der Waals surface area contributed by atoms with Gasteiger partial charge in [0, 0.05) is 24.0 Å². The highest BCUT2D eigenvalue weighted by molar-refractivity contribution is 8.00. The molecule has 2 atom stereocenters. The molecule has 1 aliphatic rings. The maximum atomic E-state index is 12.4. The van der Waals surface area contributed by atoms with E-state index < -0.39 is 0 Å². The number of benzene rings is 1. The fourth-order valence-electron chi connectivity index (χ4n) is 2.65. The molecule has 1 aliphatic heterocycles. The molecular formula is C16H24N2O2S. The van der Waals surface area contributed by atoms with Crippen molar-refractivity contribution in [3.63, 3.8) is 0 Å². The summed E-state index contributed by atoms with van der Waals surface area (Å²) in [5.74, 6) is 0.545. The number of aryl methyl sites for hydroxylation is 1. The number of aliphatic hydroxyl groups excluding tert-OH is 1. The Morgan fingerprint density at radius 3 is 2.67 bits per heavy atom. The van der Waals surface area contributed by atoms with Crippen molar-refractivity contribution in [3.8, 4) is 0 Å². The number of carbonyl (C=O) groups is 1. The number of rotatable bonds is 5. The molecular weight excluding hydrogens is 284 g/mol. The Morgan fingerprint density at radius 2 is 2.05 bits per heavy atom. The second kappa shape index (κ2) is 7.29. The summed E-state index contributed by atoms with van der Waals surface area (Å²) in [4.78, 5) is 17.4. The van der Waals surface area contributed by atoms with Gasteiger partial charge in [-0.25, -0.2) is 0 Å². The number of amides is 1. The fourth-order valence-corrected chi connectivity index (χ4v) is 3.44. The molecule has 1 fully saturated rings. The van der Waals surface area contributed by atoms with Gasteiger partial charge in [-0.2, -0.15) is 0 Å². The van der Waals surface area contributed by atoms with Crippen molar-refractivity contribution >= 4 is 17.7 Å². The molecule has 116 valence electrons. The van der Waals surface area contributed by atoms with Crippen LogP contribution in [0.15, 0.2) is 29.2 Å². The van der Waals surface area contributed by atoms with Crippen LogP contribution in [-0.4, -0.2) is 65.9 Å². The topological polar surface area (TPSA) is 43.8 Å². The Balaban J connectivity index is 1.90. The van der Waals surface area contributed by atoms with Crippen LogP contribution in [0.4, 0.5) is 0 Å². The molecule has 0 saturated carbocycles. The molecule has 5 heteroatoms.